The number of hydrogen-bond acceptors (Lipinski definition) is 0. The standard InChI is InChI=1S/C48H30.C42H28/c1-2-12-31(13-3-1)33-24-22-32-23-25-34(29-36(32)28-33)47-42-18-8-10-20-44(42)48(45-21-11-9-19-43(45)47)35-26-27-41-39-16-5-4-14-37(39)38-15-6-7-17-40(38)46(41)30-35;1-3-13-29(14-4-1)32-25-23-30-24-26-33(28-34(30)27-32)41-37-19-9-11-21-39(37)42(40-22-12-10-20-38(40)41)36-18-8-7-17-35(36)31-15-5-2-6-16-31/h1-30H;1-28H/i1D,2D,3D,12D,13D;1D,3D,4D,13D,14D. The van der Waals surface area contributed by atoms with E-state index in [0.29, 0.717) is 11.1 Å². The molecule has 0 aliphatic carbocycles. The molecular weight excluding hydrogens is 1080 g/mol. The van der Waals surface area contributed by atoms with E-state index in [9.17, 15) is 0 Å². The van der Waals surface area contributed by atoms with Crippen molar-refractivity contribution in [3.63, 3.8) is 0 Å². The van der Waals surface area contributed by atoms with Crippen LogP contribution in [0.25, 0.3) is 175 Å². The third-order valence-electron chi connectivity index (χ3n) is 18.0. The highest BCUT2D eigenvalue weighted by atomic mass is 14.2. The summed E-state index contributed by atoms with van der Waals surface area (Å²) in [6.45, 7) is 0. The van der Waals surface area contributed by atoms with Gasteiger partial charge in [0.25, 0.3) is 0 Å². The molecule has 0 unspecified atom stereocenters. The molecule has 0 fully saturated rings. The average Bonchev–Trinajstić information content (AvgIpc) is 0.732. The number of benzene rings is 18. The lowest BCUT2D eigenvalue weighted by atomic mass is 9.83. The minimum absolute atomic E-state index is 0.199. The van der Waals surface area contributed by atoms with Gasteiger partial charge in [0.2, 0.25) is 0 Å². The van der Waals surface area contributed by atoms with Crippen molar-refractivity contribution in [2.45, 2.75) is 0 Å². The van der Waals surface area contributed by atoms with Crippen LogP contribution >= 0.6 is 0 Å². The molecule has 0 radical (unpaired) electrons. The molecule has 0 saturated heterocycles. The third kappa shape index (κ3) is 9.08. The summed E-state index contributed by atoms with van der Waals surface area (Å²) in [6.07, 6.45) is 0. The molecule has 0 spiro atoms. The normalized spacial score (nSPS) is 13.1. The topological polar surface area (TPSA) is 0 Å². The summed E-state index contributed by atoms with van der Waals surface area (Å²) in [4.78, 5) is 0. The average molecular weight is 1150 g/mol. The lowest BCUT2D eigenvalue weighted by molar-refractivity contribution is 1.61. The molecule has 0 saturated carbocycles. The van der Waals surface area contributed by atoms with Crippen LogP contribution in [-0.2, 0) is 0 Å². The van der Waals surface area contributed by atoms with Gasteiger partial charge in [0.1, 0.15) is 0 Å². The fraction of sp³-hybridized carbons (Fsp3) is 0. The summed E-state index contributed by atoms with van der Waals surface area (Å²) in [5.74, 6) is 0. The van der Waals surface area contributed by atoms with E-state index in [-0.39, 0.29) is 71.6 Å². The highest BCUT2D eigenvalue weighted by Gasteiger charge is 2.21. The first-order chi connectivity index (χ1) is 48.8. The van der Waals surface area contributed by atoms with E-state index in [2.05, 4.69) is 249 Å². The fourth-order valence-electron chi connectivity index (χ4n) is 14.0. The first-order valence-corrected chi connectivity index (χ1v) is 30.4. The number of hydrogen-bond donors (Lipinski definition) is 0. The molecule has 418 valence electrons. The van der Waals surface area contributed by atoms with Gasteiger partial charge in [-0.3, -0.25) is 0 Å². The summed E-state index contributed by atoms with van der Waals surface area (Å²) < 4.78 is 83.1. The second kappa shape index (κ2) is 22.2. The Morgan fingerprint density at radius 2 is 0.444 bits per heavy atom. The Kier molecular flexibility index (Phi) is 10.6. The highest BCUT2D eigenvalue weighted by Crippen LogP contribution is 2.49. The Morgan fingerprint density at radius 3 is 0.856 bits per heavy atom. The molecule has 0 heterocycles. The molecular formula is C90H58. The first-order valence-electron chi connectivity index (χ1n) is 35.4. The molecule has 0 N–H and O–H groups in total. The van der Waals surface area contributed by atoms with E-state index >= 15 is 0 Å². The Labute approximate surface area is 537 Å². The zero-order valence-corrected chi connectivity index (χ0v) is 48.7. The zero-order valence-electron chi connectivity index (χ0n) is 58.7. The minimum Gasteiger partial charge on any atom is -0.0622 e. The molecule has 18 aromatic carbocycles. The van der Waals surface area contributed by atoms with Gasteiger partial charge < -0.3 is 0 Å². The van der Waals surface area contributed by atoms with Crippen LogP contribution in [0.2, 0.25) is 0 Å². The van der Waals surface area contributed by atoms with Gasteiger partial charge in [-0.25, -0.2) is 0 Å². The van der Waals surface area contributed by atoms with E-state index < -0.39 is 0 Å². The summed E-state index contributed by atoms with van der Waals surface area (Å²) >= 11 is 0. The van der Waals surface area contributed by atoms with Crippen molar-refractivity contribution in [2.24, 2.45) is 0 Å². The predicted octanol–water partition coefficient (Wildman–Crippen LogP) is 25.4. The van der Waals surface area contributed by atoms with Crippen LogP contribution in [0, 0.1) is 0 Å². The second-order valence-corrected chi connectivity index (χ2v) is 23.0. The molecule has 18 rings (SSSR count). The molecule has 0 heteroatoms. The third-order valence-corrected chi connectivity index (χ3v) is 18.0. The van der Waals surface area contributed by atoms with Crippen molar-refractivity contribution in [3.8, 4) is 77.9 Å². The lowest BCUT2D eigenvalue weighted by Gasteiger charge is -2.20. The van der Waals surface area contributed by atoms with Gasteiger partial charge in [-0.2, -0.15) is 0 Å². The van der Waals surface area contributed by atoms with Gasteiger partial charge in [-0.1, -0.05) is 321 Å². The van der Waals surface area contributed by atoms with Gasteiger partial charge in [0.05, 0.1) is 13.7 Å². The van der Waals surface area contributed by atoms with E-state index in [0.717, 1.165) is 76.1 Å². The summed E-state index contributed by atoms with van der Waals surface area (Å²) in [6, 6.07) is 99.3. The van der Waals surface area contributed by atoms with Crippen LogP contribution in [0.1, 0.15) is 13.7 Å². The fourth-order valence-corrected chi connectivity index (χ4v) is 14.0. The Hall–Kier alpha value is -11.7. The van der Waals surface area contributed by atoms with Crippen LogP contribution in [0.5, 0.6) is 0 Å². The van der Waals surface area contributed by atoms with E-state index in [4.69, 9.17) is 13.7 Å². The predicted molar refractivity (Wildman–Crippen MR) is 388 cm³/mol. The van der Waals surface area contributed by atoms with Crippen molar-refractivity contribution in [3.05, 3.63) is 352 Å². The summed E-state index contributed by atoms with van der Waals surface area (Å²) in [5, 5.41) is 20.6. The van der Waals surface area contributed by atoms with Crippen LogP contribution in [0.4, 0.5) is 0 Å². The van der Waals surface area contributed by atoms with Crippen molar-refractivity contribution in [1.29, 1.82) is 0 Å². The van der Waals surface area contributed by atoms with Gasteiger partial charge >= 0.3 is 0 Å². The van der Waals surface area contributed by atoms with Gasteiger partial charge in [0.15, 0.2) is 0 Å². The molecule has 0 amide bonds. The Balaban J connectivity index is 0.000000151. The van der Waals surface area contributed by atoms with Crippen LogP contribution in [0.15, 0.2) is 352 Å². The maximum Gasteiger partial charge on any atom is 0.0629 e. The molecule has 90 heavy (non-hydrogen) atoms. The monoisotopic (exact) mass is 1150 g/mol. The van der Waals surface area contributed by atoms with E-state index in [1.54, 1.807) is 0 Å². The van der Waals surface area contributed by atoms with Crippen LogP contribution in [-0.4, -0.2) is 0 Å². The SMILES string of the molecule is [2H]c1c([2H])c([2H])c(-c2ccc3ccc(-c4c5ccccc5c(-c5ccc6c7ccccc7c7ccccc7c6c5)c5ccccc45)cc3c2)c([2H])c1[2H].[2H]c1c([2H])c([2H])c(-c2ccc3ccc(-c4c5ccccc5c(-c5ccccc5-c5ccccc5)c5ccccc45)cc3c2)c([2H])c1[2H]. The smallest absolute Gasteiger partial charge is 0.0622 e. The Bertz CT molecular complexity index is 6270. The van der Waals surface area contributed by atoms with Crippen molar-refractivity contribution < 1.29 is 13.7 Å². The number of fused-ring (bicyclic) bond motifs is 12. The van der Waals surface area contributed by atoms with Gasteiger partial charge in [-0.15, -0.1) is 0 Å². The minimum atomic E-state index is -0.389. The summed E-state index contributed by atoms with van der Waals surface area (Å²) in [5.41, 5.74) is 13.1. The first kappa shape index (κ1) is 43.0. The maximum atomic E-state index is 8.58. The number of rotatable bonds is 7. The van der Waals surface area contributed by atoms with Crippen molar-refractivity contribution in [1.82, 2.24) is 0 Å². The molecule has 0 aliphatic heterocycles. The molecule has 0 atom stereocenters. The van der Waals surface area contributed by atoms with E-state index in [1.807, 2.05) is 42.5 Å². The highest BCUT2D eigenvalue weighted by molar-refractivity contribution is 6.28. The molecule has 0 bridgehead atoms. The molecule has 0 aromatic heterocycles. The molecule has 0 aliphatic rings. The quantitative estimate of drug-likeness (QED) is 0.110. The molecule has 18 aromatic rings. The summed E-state index contributed by atoms with van der Waals surface area (Å²) in [7, 11) is 0. The second-order valence-electron chi connectivity index (χ2n) is 23.0. The molecule has 0 nitrogen and oxygen atoms in total. The van der Waals surface area contributed by atoms with Gasteiger partial charge in [-0.05, 0) is 205 Å². The lowest BCUT2D eigenvalue weighted by Crippen LogP contribution is -1.92. The maximum absolute atomic E-state index is 8.58. The van der Waals surface area contributed by atoms with Crippen molar-refractivity contribution >= 4 is 97.0 Å². The zero-order chi connectivity index (χ0) is 68.2. The Morgan fingerprint density at radius 1 is 0.156 bits per heavy atom. The van der Waals surface area contributed by atoms with Gasteiger partial charge in [0, 0.05) is 0 Å². The largest absolute Gasteiger partial charge is 0.0629 e. The van der Waals surface area contributed by atoms with E-state index in [1.165, 1.54) is 76.5 Å². The van der Waals surface area contributed by atoms with Crippen LogP contribution in [0.3, 0.4) is 0 Å². The van der Waals surface area contributed by atoms with Crippen LogP contribution < -0.4 is 0 Å². The van der Waals surface area contributed by atoms with Crippen molar-refractivity contribution in [2.75, 3.05) is 0 Å².